The van der Waals surface area contributed by atoms with Crippen LogP contribution in [0.1, 0.15) is 0 Å². The number of amides is 1. The number of phenolic OH excluding ortho intramolecular Hbond substituents is 1. The van der Waals surface area contributed by atoms with E-state index in [1.807, 2.05) is 0 Å². The molecule has 0 atom stereocenters. The van der Waals surface area contributed by atoms with Crippen LogP contribution in [0.4, 0.5) is 0 Å². The molecule has 0 spiro atoms. The Balaban J connectivity index is 1.41. The quantitative estimate of drug-likeness (QED) is 0.532. The molecule has 3 aromatic rings. The minimum absolute atomic E-state index is 0.0469. The summed E-state index contributed by atoms with van der Waals surface area (Å²) >= 11 is 0. The lowest BCUT2D eigenvalue weighted by molar-refractivity contribution is -0.123. The topological polar surface area (TPSA) is 110 Å². The van der Waals surface area contributed by atoms with E-state index in [2.05, 4.69) is 10.2 Å². The summed E-state index contributed by atoms with van der Waals surface area (Å²) in [5.41, 5.74) is 0.750. The van der Waals surface area contributed by atoms with Crippen molar-refractivity contribution in [2.24, 2.45) is 0 Å². The van der Waals surface area contributed by atoms with E-state index in [0.29, 0.717) is 36.6 Å². The first kappa shape index (κ1) is 22.6. The fourth-order valence-electron chi connectivity index (χ4n) is 3.64. The number of carbonyl (C=O) groups is 1. The smallest absolute Gasteiger partial charge is 0.257 e. The Hall–Kier alpha value is -3.56. The Morgan fingerprint density at radius 2 is 1.91 bits per heavy atom. The fourth-order valence-corrected chi connectivity index (χ4v) is 3.64. The van der Waals surface area contributed by atoms with Crippen LogP contribution in [0.15, 0.2) is 51.9 Å². The van der Waals surface area contributed by atoms with Crippen molar-refractivity contribution < 1.29 is 28.5 Å². The van der Waals surface area contributed by atoms with Crippen molar-refractivity contribution in [3.63, 3.8) is 0 Å². The summed E-state index contributed by atoms with van der Waals surface area (Å²) in [7, 11) is 1.56. The van der Waals surface area contributed by atoms with Gasteiger partial charge in [0.1, 0.15) is 34.5 Å². The number of hydrogen-bond donors (Lipinski definition) is 2. The molecule has 1 aliphatic heterocycles. The van der Waals surface area contributed by atoms with Gasteiger partial charge >= 0.3 is 0 Å². The first-order chi connectivity index (χ1) is 16.0. The number of hydrogen-bond acceptors (Lipinski definition) is 8. The molecule has 0 radical (unpaired) electrons. The maximum Gasteiger partial charge on any atom is 0.257 e. The van der Waals surface area contributed by atoms with Crippen LogP contribution in [0.2, 0.25) is 0 Å². The molecule has 2 heterocycles. The van der Waals surface area contributed by atoms with Crippen molar-refractivity contribution in [3.05, 3.63) is 52.9 Å². The van der Waals surface area contributed by atoms with Gasteiger partial charge in [0.05, 0.1) is 25.9 Å². The lowest BCUT2D eigenvalue weighted by Gasteiger charge is -2.26. The van der Waals surface area contributed by atoms with Crippen molar-refractivity contribution >= 4 is 16.9 Å². The van der Waals surface area contributed by atoms with Crippen molar-refractivity contribution in [2.45, 2.75) is 0 Å². The molecule has 33 heavy (non-hydrogen) atoms. The largest absolute Gasteiger partial charge is 0.507 e. The van der Waals surface area contributed by atoms with E-state index >= 15 is 0 Å². The minimum atomic E-state index is -0.369. The van der Waals surface area contributed by atoms with Crippen LogP contribution in [-0.4, -0.2) is 69.0 Å². The molecule has 1 aromatic heterocycles. The monoisotopic (exact) mass is 454 g/mol. The Bertz CT molecular complexity index is 1170. The van der Waals surface area contributed by atoms with Crippen molar-refractivity contribution in [1.29, 1.82) is 0 Å². The second-order valence-electron chi connectivity index (χ2n) is 7.62. The summed E-state index contributed by atoms with van der Waals surface area (Å²) in [4.78, 5) is 27.3. The van der Waals surface area contributed by atoms with Crippen LogP contribution < -0.4 is 20.2 Å². The molecule has 174 valence electrons. The Morgan fingerprint density at radius 1 is 1.15 bits per heavy atom. The SMILES string of the molecule is COc1ccc(-c2coc3cc(OCC(=O)NCCN4CCOCC4)cc(O)c3c2=O)cc1. The van der Waals surface area contributed by atoms with E-state index in [0.717, 1.165) is 19.6 Å². The van der Waals surface area contributed by atoms with Crippen LogP contribution >= 0.6 is 0 Å². The van der Waals surface area contributed by atoms with E-state index in [9.17, 15) is 14.7 Å². The van der Waals surface area contributed by atoms with E-state index < -0.39 is 0 Å². The molecule has 4 rings (SSSR count). The van der Waals surface area contributed by atoms with Gasteiger partial charge < -0.3 is 29.1 Å². The highest BCUT2D eigenvalue weighted by molar-refractivity contribution is 5.88. The highest BCUT2D eigenvalue weighted by atomic mass is 16.5. The summed E-state index contributed by atoms with van der Waals surface area (Å²) in [6.07, 6.45) is 1.34. The predicted molar refractivity (Wildman–Crippen MR) is 122 cm³/mol. The lowest BCUT2D eigenvalue weighted by atomic mass is 10.0. The van der Waals surface area contributed by atoms with Crippen LogP contribution in [0.25, 0.3) is 22.1 Å². The summed E-state index contributed by atoms with van der Waals surface area (Å²) in [5.74, 6) is 0.334. The van der Waals surface area contributed by atoms with Crippen LogP contribution in [-0.2, 0) is 9.53 Å². The van der Waals surface area contributed by atoms with Gasteiger partial charge in [-0.1, -0.05) is 12.1 Å². The molecule has 0 saturated carbocycles. The number of fused-ring (bicyclic) bond motifs is 1. The zero-order valence-corrected chi connectivity index (χ0v) is 18.3. The average molecular weight is 454 g/mol. The van der Waals surface area contributed by atoms with E-state index in [4.69, 9.17) is 18.6 Å². The number of nitrogens with zero attached hydrogens (tertiary/aromatic N) is 1. The number of methoxy groups -OCH3 is 1. The number of phenols is 1. The molecule has 2 N–H and O–H groups in total. The van der Waals surface area contributed by atoms with Gasteiger partial charge in [0, 0.05) is 38.3 Å². The predicted octanol–water partition coefficient (Wildman–Crippen LogP) is 2.00. The molecule has 1 saturated heterocycles. The highest BCUT2D eigenvalue weighted by Crippen LogP contribution is 2.30. The van der Waals surface area contributed by atoms with Crippen molar-refractivity contribution in [1.82, 2.24) is 10.2 Å². The van der Waals surface area contributed by atoms with Gasteiger partial charge in [-0.25, -0.2) is 0 Å². The van der Waals surface area contributed by atoms with Gasteiger partial charge in [-0.15, -0.1) is 0 Å². The third-order valence-corrected chi connectivity index (χ3v) is 5.46. The summed E-state index contributed by atoms with van der Waals surface area (Å²) in [6, 6.07) is 9.74. The second kappa shape index (κ2) is 10.4. The third kappa shape index (κ3) is 5.44. The van der Waals surface area contributed by atoms with E-state index in [1.165, 1.54) is 18.4 Å². The summed E-state index contributed by atoms with van der Waals surface area (Å²) < 4.78 is 21.5. The van der Waals surface area contributed by atoms with Crippen molar-refractivity contribution in [2.75, 3.05) is 53.1 Å². The fraction of sp³-hybridized carbons (Fsp3) is 0.333. The van der Waals surface area contributed by atoms with E-state index in [1.54, 1.807) is 31.4 Å². The van der Waals surface area contributed by atoms with Gasteiger partial charge in [-0.05, 0) is 17.7 Å². The molecule has 1 aliphatic rings. The zero-order valence-electron chi connectivity index (χ0n) is 18.3. The van der Waals surface area contributed by atoms with Crippen molar-refractivity contribution in [3.8, 4) is 28.4 Å². The second-order valence-corrected chi connectivity index (χ2v) is 7.62. The van der Waals surface area contributed by atoms with Crippen LogP contribution in [0.3, 0.4) is 0 Å². The minimum Gasteiger partial charge on any atom is -0.507 e. The first-order valence-electron chi connectivity index (χ1n) is 10.7. The number of aromatic hydroxyl groups is 1. The normalized spacial score (nSPS) is 14.2. The standard InChI is InChI=1S/C24H26N2O7/c1-30-17-4-2-16(3-5-17)19-14-33-21-13-18(12-20(27)23(21)24(19)29)32-15-22(28)25-6-7-26-8-10-31-11-9-26/h2-5,12-14,27H,6-11,15H2,1H3,(H,25,28). The zero-order chi connectivity index (χ0) is 23.2. The Labute approximate surface area is 190 Å². The molecule has 9 nitrogen and oxygen atoms in total. The van der Waals surface area contributed by atoms with E-state index in [-0.39, 0.29) is 40.4 Å². The molecule has 0 bridgehead atoms. The van der Waals surface area contributed by atoms with Crippen LogP contribution in [0.5, 0.6) is 17.2 Å². The van der Waals surface area contributed by atoms with Gasteiger partial charge in [0.15, 0.2) is 6.61 Å². The maximum absolute atomic E-state index is 13.0. The van der Waals surface area contributed by atoms with Gasteiger partial charge in [0.25, 0.3) is 5.91 Å². The first-order valence-corrected chi connectivity index (χ1v) is 10.7. The number of nitrogens with one attached hydrogen (secondary N) is 1. The molecule has 1 fully saturated rings. The Kier molecular flexibility index (Phi) is 7.11. The molecular weight excluding hydrogens is 428 g/mol. The maximum atomic E-state index is 13.0. The summed E-state index contributed by atoms with van der Waals surface area (Å²) in [6.45, 7) is 4.16. The number of ether oxygens (including phenoxy) is 3. The van der Waals surface area contributed by atoms with Crippen LogP contribution in [0, 0.1) is 0 Å². The molecule has 1 amide bonds. The van der Waals surface area contributed by atoms with Gasteiger partial charge in [-0.2, -0.15) is 0 Å². The van der Waals surface area contributed by atoms with Gasteiger partial charge in [0.2, 0.25) is 5.43 Å². The third-order valence-electron chi connectivity index (χ3n) is 5.46. The van der Waals surface area contributed by atoms with Gasteiger partial charge in [-0.3, -0.25) is 14.5 Å². The number of morpholine rings is 1. The number of benzene rings is 2. The lowest BCUT2D eigenvalue weighted by Crippen LogP contribution is -2.42. The summed E-state index contributed by atoms with van der Waals surface area (Å²) in [5, 5.41) is 13.3. The molecule has 9 heteroatoms. The Morgan fingerprint density at radius 3 is 2.64 bits per heavy atom. The number of carbonyl (C=O) groups excluding carboxylic acids is 1. The molecule has 2 aromatic carbocycles. The number of rotatable bonds is 8. The molecule has 0 unspecified atom stereocenters. The molecule has 0 aliphatic carbocycles. The molecular formula is C24H26N2O7. The average Bonchev–Trinajstić information content (AvgIpc) is 2.83. The highest BCUT2D eigenvalue weighted by Gasteiger charge is 2.15.